The van der Waals surface area contributed by atoms with Gasteiger partial charge in [-0.1, -0.05) is 25.4 Å². The van der Waals surface area contributed by atoms with E-state index in [0.29, 0.717) is 22.6 Å². The number of hydrogen-bond acceptors (Lipinski definition) is 2. The quantitative estimate of drug-likeness (QED) is 0.720. The smallest absolute Gasteiger partial charge is 0.254 e. The molecule has 2 rings (SSSR count). The Bertz CT molecular complexity index is 412. The standard InChI is InChI=1S/C13H17ClN2O/c1-9-5-10(2)8-16(7-9)13(17)11-3-4-15-12(14)6-11/h3-4,6,9-10H,5,7-8H2,1-2H3. The number of nitrogens with zero attached hydrogens (tertiary/aromatic N) is 2. The van der Waals surface area contributed by atoms with Crippen molar-refractivity contribution in [2.75, 3.05) is 13.1 Å². The zero-order valence-electron chi connectivity index (χ0n) is 10.2. The summed E-state index contributed by atoms with van der Waals surface area (Å²) in [6.45, 7) is 6.05. The molecular weight excluding hydrogens is 236 g/mol. The Morgan fingerprint density at radius 2 is 2.06 bits per heavy atom. The van der Waals surface area contributed by atoms with Crippen LogP contribution in [-0.2, 0) is 0 Å². The molecule has 1 fully saturated rings. The van der Waals surface area contributed by atoms with Crippen molar-refractivity contribution in [3.05, 3.63) is 29.0 Å². The summed E-state index contributed by atoms with van der Waals surface area (Å²) >= 11 is 5.80. The summed E-state index contributed by atoms with van der Waals surface area (Å²) in [5.74, 6) is 1.20. The third-order valence-corrected chi connectivity index (χ3v) is 3.34. The van der Waals surface area contributed by atoms with Crippen molar-refractivity contribution in [2.45, 2.75) is 20.3 Å². The highest BCUT2D eigenvalue weighted by Gasteiger charge is 2.26. The topological polar surface area (TPSA) is 33.2 Å². The van der Waals surface area contributed by atoms with Gasteiger partial charge in [0, 0.05) is 24.8 Å². The number of carbonyl (C=O) groups is 1. The van der Waals surface area contributed by atoms with Gasteiger partial charge in [-0.25, -0.2) is 4.98 Å². The third kappa shape index (κ3) is 2.97. The molecule has 92 valence electrons. The van der Waals surface area contributed by atoms with E-state index in [1.54, 1.807) is 18.3 Å². The zero-order valence-corrected chi connectivity index (χ0v) is 10.9. The minimum atomic E-state index is 0.0627. The zero-order chi connectivity index (χ0) is 12.4. The van der Waals surface area contributed by atoms with E-state index in [1.165, 1.54) is 6.42 Å². The first kappa shape index (κ1) is 12.4. The van der Waals surface area contributed by atoms with Crippen LogP contribution in [0.2, 0.25) is 5.15 Å². The van der Waals surface area contributed by atoms with Gasteiger partial charge in [0.2, 0.25) is 0 Å². The molecule has 1 amide bonds. The number of hydrogen-bond donors (Lipinski definition) is 0. The summed E-state index contributed by atoms with van der Waals surface area (Å²) < 4.78 is 0. The summed E-state index contributed by atoms with van der Waals surface area (Å²) in [5, 5.41) is 0.369. The summed E-state index contributed by atoms with van der Waals surface area (Å²) in [5.41, 5.74) is 0.631. The Kier molecular flexibility index (Phi) is 3.67. The van der Waals surface area contributed by atoms with E-state index in [-0.39, 0.29) is 5.91 Å². The van der Waals surface area contributed by atoms with Gasteiger partial charge in [0.15, 0.2) is 0 Å². The van der Waals surface area contributed by atoms with Crippen LogP contribution in [0.25, 0.3) is 0 Å². The van der Waals surface area contributed by atoms with Crippen LogP contribution >= 0.6 is 11.6 Å². The van der Waals surface area contributed by atoms with Gasteiger partial charge in [-0.2, -0.15) is 0 Å². The summed E-state index contributed by atoms with van der Waals surface area (Å²) in [6.07, 6.45) is 2.77. The molecular formula is C13H17ClN2O. The lowest BCUT2D eigenvalue weighted by Gasteiger charge is -2.35. The largest absolute Gasteiger partial charge is 0.338 e. The van der Waals surface area contributed by atoms with E-state index in [2.05, 4.69) is 18.8 Å². The van der Waals surface area contributed by atoms with Gasteiger partial charge in [0.25, 0.3) is 5.91 Å². The number of likely N-dealkylation sites (tertiary alicyclic amines) is 1. The fraction of sp³-hybridized carbons (Fsp3) is 0.538. The van der Waals surface area contributed by atoms with E-state index < -0.39 is 0 Å². The SMILES string of the molecule is CC1CC(C)CN(C(=O)c2ccnc(Cl)c2)C1. The Morgan fingerprint density at radius 3 is 2.65 bits per heavy atom. The maximum Gasteiger partial charge on any atom is 0.254 e. The molecule has 2 heterocycles. The molecule has 1 aromatic heterocycles. The van der Waals surface area contributed by atoms with E-state index >= 15 is 0 Å². The predicted octanol–water partition coefficient (Wildman–Crippen LogP) is 2.85. The van der Waals surface area contributed by atoms with Crippen molar-refractivity contribution in [3.63, 3.8) is 0 Å². The molecule has 0 bridgehead atoms. The number of carbonyl (C=O) groups excluding carboxylic acids is 1. The first-order valence-corrected chi connectivity index (χ1v) is 6.35. The van der Waals surface area contributed by atoms with Crippen LogP contribution in [0.15, 0.2) is 18.3 Å². The lowest BCUT2D eigenvalue weighted by atomic mass is 9.91. The summed E-state index contributed by atoms with van der Waals surface area (Å²) in [6, 6.07) is 3.35. The monoisotopic (exact) mass is 252 g/mol. The van der Waals surface area contributed by atoms with Crippen LogP contribution in [0.3, 0.4) is 0 Å². The molecule has 0 aromatic carbocycles. The van der Waals surface area contributed by atoms with Crippen molar-refractivity contribution >= 4 is 17.5 Å². The summed E-state index contributed by atoms with van der Waals surface area (Å²) in [7, 11) is 0. The Morgan fingerprint density at radius 1 is 1.41 bits per heavy atom. The molecule has 2 atom stereocenters. The Labute approximate surface area is 107 Å². The second-order valence-corrected chi connectivity index (χ2v) is 5.41. The van der Waals surface area contributed by atoms with E-state index in [4.69, 9.17) is 11.6 Å². The van der Waals surface area contributed by atoms with Gasteiger partial charge in [-0.15, -0.1) is 0 Å². The van der Waals surface area contributed by atoms with Crippen LogP contribution in [0.5, 0.6) is 0 Å². The van der Waals surface area contributed by atoms with E-state index in [1.807, 2.05) is 4.90 Å². The van der Waals surface area contributed by atoms with Gasteiger partial charge in [-0.3, -0.25) is 4.79 Å². The highest BCUT2D eigenvalue weighted by Crippen LogP contribution is 2.22. The van der Waals surface area contributed by atoms with Crippen molar-refractivity contribution < 1.29 is 4.79 Å². The molecule has 3 nitrogen and oxygen atoms in total. The minimum absolute atomic E-state index is 0.0627. The average Bonchev–Trinajstić information content (AvgIpc) is 2.26. The van der Waals surface area contributed by atoms with Crippen LogP contribution in [0.1, 0.15) is 30.6 Å². The van der Waals surface area contributed by atoms with Crippen LogP contribution in [0.4, 0.5) is 0 Å². The first-order chi connectivity index (χ1) is 8.06. The number of aromatic nitrogens is 1. The molecule has 1 aliphatic rings. The van der Waals surface area contributed by atoms with Crippen LogP contribution < -0.4 is 0 Å². The first-order valence-electron chi connectivity index (χ1n) is 5.97. The highest BCUT2D eigenvalue weighted by atomic mass is 35.5. The molecule has 1 saturated heterocycles. The lowest BCUT2D eigenvalue weighted by molar-refractivity contribution is 0.0623. The number of rotatable bonds is 1. The molecule has 4 heteroatoms. The number of halogens is 1. The van der Waals surface area contributed by atoms with Crippen molar-refractivity contribution in [1.29, 1.82) is 0 Å². The molecule has 0 N–H and O–H groups in total. The summed E-state index contributed by atoms with van der Waals surface area (Å²) in [4.78, 5) is 18.1. The van der Waals surface area contributed by atoms with Crippen molar-refractivity contribution in [2.24, 2.45) is 11.8 Å². The predicted molar refractivity (Wildman–Crippen MR) is 68.1 cm³/mol. The average molecular weight is 253 g/mol. The fourth-order valence-corrected chi connectivity index (χ4v) is 2.72. The minimum Gasteiger partial charge on any atom is -0.338 e. The van der Waals surface area contributed by atoms with Gasteiger partial charge in [0.1, 0.15) is 5.15 Å². The van der Waals surface area contributed by atoms with E-state index in [0.717, 1.165) is 13.1 Å². The van der Waals surface area contributed by atoms with Gasteiger partial charge >= 0.3 is 0 Å². The second kappa shape index (κ2) is 5.05. The Hall–Kier alpha value is -1.09. The third-order valence-electron chi connectivity index (χ3n) is 3.13. The van der Waals surface area contributed by atoms with Gasteiger partial charge in [0.05, 0.1) is 0 Å². The second-order valence-electron chi connectivity index (χ2n) is 5.02. The molecule has 2 unspecified atom stereocenters. The van der Waals surface area contributed by atoms with E-state index in [9.17, 15) is 4.79 Å². The highest BCUT2D eigenvalue weighted by molar-refractivity contribution is 6.29. The molecule has 17 heavy (non-hydrogen) atoms. The fourth-order valence-electron chi connectivity index (χ4n) is 2.55. The van der Waals surface area contributed by atoms with Gasteiger partial charge in [-0.05, 0) is 30.4 Å². The molecule has 1 aromatic rings. The van der Waals surface area contributed by atoms with Crippen molar-refractivity contribution in [3.8, 4) is 0 Å². The molecule has 0 radical (unpaired) electrons. The maximum atomic E-state index is 12.3. The van der Waals surface area contributed by atoms with Crippen LogP contribution in [-0.4, -0.2) is 28.9 Å². The number of amides is 1. The number of piperidine rings is 1. The molecule has 0 saturated carbocycles. The Balaban J connectivity index is 2.14. The maximum absolute atomic E-state index is 12.3. The molecule has 1 aliphatic heterocycles. The normalized spacial score (nSPS) is 24.8. The molecule has 0 spiro atoms. The van der Waals surface area contributed by atoms with Crippen LogP contribution in [0, 0.1) is 11.8 Å². The van der Waals surface area contributed by atoms with Crippen molar-refractivity contribution in [1.82, 2.24) is 9.88 Å². The number of pyridine rings is 1. The lowest BCUT2D eigenvalue weighted by Crippen LogP contribution is -2.42. The molecule has 0 aliphatic carbocycles. The van der Waals surface area contributed by atoms with Gasteiger partial charge < -0.3 is 4.90 Å².